The summed E-state index contributed by atoms with van der Waals surface area (Å²) >= 11 is 3.14. The van der Waals surface area contributed by atoms with Crippen molar-refractivity contribution in [2.24, 2.45) is 0 Å². The Labute approximate surface area is 117 Å². The Kier molecular flexibility index (Phi) is 3.88. The van der Waals surface area contributed by atoms with Gasteiger partial charge < -0.3 is 5.32 Å². The zero-order valence-corrected chi connectivity index (χ0v) is 11.1. The summed E-state index contributed by atoms with van der Waals surface area (Å²) in [4.78, 5) is 15.8. The summed E-state index contributed by atoms with van der Waals surface area (Å²) in [5, 5.41) is 11.1. The van der Waals surface area contributed by atoms with E-state index in [0.717, 1.165) is 6.07 Å². The number of halogens is 2. The van der Waals surface area contributed by atoms with Crippen LogP contribution in [0.2, 0.25) is 0 Å². The van der Waals surface area contributed by atoms with Crippen LogP contribution in [0.15, 0.2) is 41.1 Å². The van der Waals surface area contributed by atoms with Crippen molar-refractivity contribution in [1.29, 1.82) is 5.26 Å². The van der Waals surface area contributed by atoms with Crippen LogP contribution in [-0.4, -0.2) is 10.9 Å². The number of nitrogens with zero attached hydrogens (tertiary/aromatic N) is 2. The van der Waals surface area contributed by atoms with Crippen molar-refractivity contribution in [2.45, 2.75) is 0 Å². The van der Waals surface area contributed by atoms with Gasteiger partial charge >= 0.3 is 0 Å². The summed E-state index contributed by atoms with van der Waals surface area (Å²) in [5.41, 5.74) is 0.504. The third-order valence-corrected chi connectivity index (χ3v) is 2.98. The Morgan fingerprint density at radius 3 is 2.84 bits per heavy atom. The highest BCUT2D eigenvalue weighted by molar-refractivity contribution is 9.10. The molecule has 0 bridgehead atoms. The van der Waals surface area contributed by atoms with E-state index in [1.165, 1.54) is 18.3 Å². The Balaban J connectivity index is 2.25. The predicted molar refractivity (Wildman–Crippen MR) is 71.0 cm³/mol. The third-order valence-electron chi connectivity index (χ3n) is 2.35. The van der Waals surface area contributed by atoms with Gasteiger partial charge in [-0.1, -0.05) is 0 Å². The van der Waals surface area contributed by atoms with E-state index in [1.807, 2.05) is 6.07 Å². The molecule has 1 aromatic carbocycles. The molecule has 1 heterocycles. The summed E-state index contributed by atoms with van der Waals surface area (Å²) in [6, 6.07) is 8.82. The molecule has 0 spiro atoms. The van der Waals surface area contributed by atoms with Gasteiger partial charge in [0.15, 0.2) is 0 Å². The molecule has 6 heteroatoms. The van der Waals surface area contributed by atoms with Crippen LogP contribution in [0.5, 0.6) is 0 Å². The molecule has 1 aromatic heterocycles. The van der Waals surface area contributed by atoms with Crippen LogP contribution in [0, 0.1) is 17.1 Å². The molecule has 0 aliphatic rings. The minimum atomic E-state index is -0.660. The fraction of sp³-hybridized carbons (Fsp3) is 0. The van der Waals surface area contributed by atoms with Crippen LogP contribution in [0.25, 0.3) is 0 Å². The molecule has 0 radical (unpaired) electrons. The number of aromatic nitrogens is 1. The van der Waals surface area contributed by atoms with Gasteiger partial charge in [-0.25, -0.2) is 9.37 Å². The third kappa shape index (κ3) is 2.95. The smallest absolute Gasteiger partial charge is 0.258 e. The topological polar surface area (TPSA) is 65.8 Å². The van der Waals surface area contributed by atoms with Crippen molar-refractivity contribution in [2.75, 3.05) is 5.32 Å². The van der Waals surface area contributed by atoms with Gasteiger partial charge in [0.25, 0.3) is 5.91 Å². The summed E-state index contributed by atoms with van der Waals surface area (Å²) in [7, 11) is 0. The number of anilines is 1. The molecule has 0 fully saturated rings. The maximum absolute atomic E-state index is 13.6. The molecule has 0 aliphatic heterocycles. The maximum Gasteiger partial charge on any atom is 0.258 e. The zero-order chi connectivity index (χ0) is 13.8. The average Bonchev–Trinajstić information content (AvgIpc) is 2.41. The van der Waals surface area contributed by atoms with E-state index in [0.29, 0.717) is 10.2 Å². The fourth-order valence-corrected chi connectivity index (χ4v) is 1.86. The number of pyridine rings is 1. The summed E-state index contributed by atoms with van der Waals surface area (Å²) in [5.74, 6) is -1.14. The number of carbonyl (C=O) groups is 1. The number of hydrogen-bond donors (Lipinski definition) is 1. The molecule has 2 rings (SSSR count). The van der Waals surface area contributed by atoms with E-state index < -0.39 is 11.7 Å². The van der Waals surface area contributed by atoms with Gasteiger partial charge in [0.05, 0.1) is 22.9 Å². The van der Waals surface area contributed by atoms with E-state index in [2.05, 4.69) is 26.2 Å². The van der Waals surface area contributed by atoms with E-state index in [9.17, 15) is 9.18 Å². The monoisotopic (exact) mass is 319 g/mol. The molecule has 0 atom stereocenters. The number of benzene rings is 1. The van der Waals surface area contributed by atoms with Crippen LogP contribution in [0.4, 0.5) is 10.1 Å². The molecule has 19 heavy (non-hydrogen) atoms. The first-order chi connectivity index (χ1) is 9.11. The van der Waals surface area contributed by atoms with Crippen molar-refractivity contribution in [3.63, 3.8) is 0 Å². The highest BCUT2D eigenvalue weighted by atomic mass is 79.9. The molecular weight excluding hydrogens is 313 g/mol. The minimum absolute atomic E-state index is 0.0137. The SMILES string of the molecule is N#Cc1ccc(NC(=O)c2cccnc2Br)c(F)c1. The van der Waals surface area contributed by atoms with Crippen LogP contribution < -0.4 is 5.32 Å². The van der Waals surface area contributed by atoms with Gasteiger partial charge in [-0.05, 0) is 46.3 Å². The molecule has 1 N–H and O–H groups in total. The fourth-order valence-electron chi connectivity index (χ4n) is 1.43. The quantitative estimate of drug-likeness (QED) is 0.865. The van der Waals surface area contributed by atoms with E-state index in [4.69, 9.17) is 5.26 Å². The lowest BCUT2D eigenvalue weighted by atomic mass is 10.2. The predicted octanol–water partition coefficient (Wildman–Crippen LogP) is 3.11. The lowest BCUT2D eigenvalue weighted by Crippen LogP contribution is -2.14. The molecule has 0 aliphatic carbocycles. The normalized spacial score (nSPS) is 9.74. The lowest BCUT2D eigenvalue weighted by molar-refractivity contribution is 0.102. The minimum Gasteiger partial charge on any atom is -0.319 e. The van der Waals surface area contributed by atoms with E-state index >= 15 is 0 Å². The molecular formula is C13H7BrFN3O. The van der Waals surface area contributed by atoms with Crippen molar-refractivity contribution >= 4 is 27.5 Å². The van der Waals surface area contributed by atoms with E-state index in [-0.39, 0.29) is 11.3 Å². The highest BCUT2D eigenvalue weighted by Crippen LogP contribution is 2.18. The first-order valence-corrected chi connectivity index (χ1v) is 6.02. The van der Waals surface area contributed by atoms with Crippen LogP contribution in [0.3, 0.4) is 0 Å². The van der Waals surface area contributed by atoms with Gasteiger partial charge in [0.2, 0.25) is 0 Å². The number of rotatable bonds is 2. The van der Waals surface area contributed by atoms with E-state index in [1.54, 1.807) is 12.1 Å². The lowest BCUT2D eigenvalue weighted by Gasteiger charge is -2.07. The Hall–Kier alpha value is -2.26. The van der Waals surface area contributed by atoms with Crippen molar-refractivity contribution in [3.8, 4) is 6.07 Å². The van der Waals surface area contributed by atoms with Crippen molar-refractivity contribution in [3.05, 3.63) is 58.1 Å². The molecule has 4 nitrogen and oxygen atoms in total. The average molecular weight is 320 g/mol. The zero-order valence-electron chi connectivity index (χ0n) is 9.52. The second-order valence-corrected chi connectivity index (χ2v) is 4.35. The Morgan fingerprint density at radius 1 is 1.42 bits per heavy atom. The van der Waals surface area contributed by atoms with Gasteiger partial charge in [-0.2, -0.15) is 5.26 Å². The number of nitrogens with one attached hydrogen (secondary N) is 1. The highest BCUT2D eigenvalue weighted by Gasteiger charge is 2.12. The standard InChI is InChI=1S/C13H7BrFN3O/c14-12-9(2-1-5-17-12)13(19)18-11-4-3-8(7-16)6-10(11)15/h1-6H,(H,18,19). The van der Waals surface area contributed by atoms with Crippen LogP contribution in [-0.2, 0) is 0 Å². The first-order valence-electron chi connectivity index (χ1n) is 5.23. The second kappa shape index (κ2) is 5.59. The molecule has 2 aromatic rings. The summed E-state index contributed by atoms with van der Waals surface area (Å²) < 4.78 is 14.0. The molecule has 1 amide bonds. The van der Waals surface area contributed by atoms with Gasteiger partial charge in [-0.15, -0.1) is 0 Å². The number of nitriles is 1. The van der Waals surface area contributed by atoms with Gasteiger partial charge in [-0.3, -0.25) is 4.79 Å². The van der Waals surface area contributed by atoms with Crippen LogP contribution in [0.1, 0.15) is 15.9 Å². The number of amides is 1. The molecule has 0 saturated heterocycles. The number of hydrogen-bond acceptors (Lipinski definition) is 3. The summed E-state index contributed by atoms with van der Waals surface area (Å²) in [6.45, 7) is 0. The number of carbonyl (C=O) groups excluding carboxylic acids is 1. The first kappa shape index (κ1) is 13.2. The van der Waals surface area contributed by atoms with Crippen molar-refractivity contribution < 1.29 is 9.18 Å². The van der Waals surface area contributed by atoms with Gasteiger partial charge in [0.1, 0.15) is 10.4 Å². The van der Waals surface area contributed by atoms with Gasteiger partial charge in [0, 0.05) is 6.20 Å². The van der Waals surface area contributed by atoms with Crippen molar-refractivity contribution in [1.82, 2.24) is 4.98 Å². The van der Waals surface area contributed by atoms with Crippen LogP contribution >= 0.6 is 15.9 Å². The molecule has 94 valence electrons. The Morgan fingerprint density at radius 2 is 2.21 bits per heavy atom. The maximum atomic E-state index is 13.6. The Bertz CT molecular complexity index is 682. The second-order valence-electron chi connectivity index (χ2n) is 3.60. The summed E-state index contributed by atoms with van der Waals surface area (Å²) in [6.07, 6.45) is 1.53. The largest absolute Gasteiger partial charge is 0.319 e. The molecule has 0 unspecified atom stereocenters. The molecule has 0 saturated carbocycles.